The molecule has 1 atom stereocenters. The summed E-state index contributed by atoms with van der Waals surface area (Å²) in [5.74, 6) is 2.33. The zero-order chi connectivity index (χ0) is 15.1. The summed E-state index contributed by atoms with van der Waals surface area (Å²) in [7, 11) is 0. The first kappa shape index (κ1) is 15.8. The standard InChI is InChI=1S/C18H27N3/c1-4-21-11-10-20-18(21)12-17(14-19-13-15(2)3)16-8-6-5-7-9-16/h5-11,15,17,19H,4,12-14H2,1-3H3. The summed E-state index contributed by atoms with van der Waals surface area (Å²) in [6, 6.07) is 10.8. The Morgan fingerprint density at radius 1 is 1.14 bits per heavy atom. The van der Waals surface area contributed by atoms with Gasteiger partial charge in [0.15, 0.2) is 0 Å². The molecule has 1 aromatic heterocycles. The van der Waals surface area contributed by atoms with Crippen molar-refractivity contribution in [3.8, 4) is 0 Å². The molecule has 0 fully saturated rings. The molecule has 2 aromatic rings. The molecule has 3 heteroatoms. The number of rotatable bonds is 8. The lowest BCUT2D eigenvalue weighted by atomic mass is 9.95. The second kappa shape index (κ2) is 7.99. The lowest BCUT2D eigenvalue weighted by Crippen LogP contribution is -2.27. The molecule has 1 heterocycles. The molecule has 1 N–H and O–H groups in total. The van der Waals surface area contributed by atoms with Gasteiger partial charge in [-0.05, 0) is 24.9 Å². The van der Waals surface area contributed by atoms with Gasteiger partial charge in [0, 0.05) is 37.8 Å². The largest absolute Gasteiger partial charge is 0.335 e. The number of nitrogens with zero attached hydrogens (tertiary/aromatic N) is 2. The van der Waals surface area contributed by atoms with Crippen molar-refractivity contribution in [2.75, 3.05) is 13.1 Å². The van der Waals surface area contributed by atoms with E-state index in [1.165, 1.54) is 11.4 Å². The van der Waals surface area contributed by atoms with Crippen molar-refractivity contribution in [2.24, 2.45) is 5.92 Å². The zero-order valence-corrected chi connectivity index (χ0v) is 13.4. The molecule has 0 bridgehead atoms. The van der Waals surface area contributed by atoms with Gasteiger partial charge in [0.1, 0.15) is 5.82 Å². The van der Waals surface area contributed by atoms with Crippen LogP contribution in [0, 0.1) is 5.92 Å². The molecule has 0 aliphatic rings. The lowest BCUT2D eigenvalue weighted by molar-refractivity contribution is 0.504. The predicted molar refractivity (Wildman–Crippen MR) is 88.5 cm³/mol. The van der Waals surface area contributed by atoms with Crippen LogP contribution in [0.2, 0.25) is 0 Å². The quantitative estimate of drug-likeness (QED) is 0.805. The fourth-order valence-electron chi connectivity index (χ4n) is 2.62. The topological polar surface area (TPSA) is 29.9 Å². The molecular weight excluding hydrogens is 258 g/mol. The van der Waals surface area contributed by atoms with E-state index in [-0.39, 0.29) is 0 Å². The fourth-order valence-corrected chi connectivity index (χ4v) is 2.62. The van der Waals surface area contributed by atoms with Gasteiger partial charge in [0.25, 0.3) is 0 Å². The van der Waals surface area contributed by atoms with Crippen molar-refractivity contribution in [1.82, 2.24) is 14.9 Å². The Morgan fingerprint density at radius 2 is 1.90 bits per heavy atom. The van der Waals surface area contributed by atoms with Crippen LogP contribution in [0.25, 0.3) is 0 Å². The van der Waals surface area contributed by atoms with Gasteiger partial charge in [-0.25, -0.2) is 4.98 Å². The highest BCUT2D eigenvalue weighted by atomic mass is 15.1. The molecule has 0 saturated carbocycles. The monoisotopic (exact) mass is 285 g/mol. The first-order chi connectivity index (χ1) is 10.2. The highest BCUT2D eigenvalue weighted by molar-refractivity contribution is 5.21. The van der Waals surface area contributed by atoms with Gasteiger partial charge in [-0.3, -0.25) is 0 Å². The minimum absolute atomic E-state index is 0.470. The average molecular weight is 285 g/mol. The maximum atomic E-state index is 4.53. The molecule has 0 radical (unpaired) electrons. The van der Waals surface area contributed by atoms with E-state index in [1.54, 1.807) is 0 Å². The van der Waals surface area contributed by atoms with Gasteiger partial charge < -0.3 is 9.88 Å². The fraction of sp³-hybridized carbons (Fsp3) is 0.500. The summed E-state index contributed by atoms with van der Waals surface area (Å²) in [6.07, 6.45) is 4.96. The van der Waals surface area contributed by atoms with Crippen molar-refractivity contribution in [2.45, 2.75) is 39.7 Å². The van der Waals surface area contributed by atoms with E-state index < -0.39 is 0 Å². The Labute approximate surface area is 128 Å². The van der Waals surface area contributed by atoms with Gasteiger partial charge in [0.05, 0.1) is 0 Å². The molecule has 0 amide bonds. The Balaban J connectivity index is 2.08. The SMILES string of the molecule is CCn1ccnc1CC(CNCC(C)C)c1ccccc1. The van der Waals surface area contributed by atoms with Gasteiger partial charge in [-0.15, -0.1) is 0 Å². The van der Waals surface area contributed by atoms with E-state index in [2.05, 4.69) is 72.2 Å². The molecule has 1 unspecified atom stereocenters. The van der Waals surface area contributed by atoms with Crippen molar-refractivity contribution >= 4 is 0 Å². The third kappa shape index (κ3) is 4.71. The van der Waals surface area contributed by atoms with Crippen molar-refractivity contribution in [3.05, 3.63) is 54.1 Å². The first-order valence-electron chi connectivity index (χ1n) is 7.96. The number of benzene rings is 1. The van der Waals surface area contributed by atoms with Crippen LogP contribution in [0.5, 0.6) is 0 Å². The number of aryl methyl sites for hydroxylation is 1. The molecular formula is C18H27N3. The molecule has 0 spiro atoms. The summed E-state index contributed by atoms with van der Waals surface area (Å²) in [5, 5.41) is 3.60. The molecule has 21 heavy (non-hydrogen) atoms. The van der Waals surface area contributed by atoms with Crippen LogP contribution in [0.3, 0.4) is 0 Å². The van der Waals surface area contributed by atoms with E-state index in [9.17, 15) is 0 Å². The minimum Gasteiger partial charge on any atom is -0.335 e. The third-order valence-corrected chi connectivity index (χ3v) is 3.79. The Bertz CT molecular complexity index is 516. The summed E-state index contributed by atoms with van der Waals surface area (Å²) in [5.41, 5.74) is 1.39. The molecule has 1 aromatic carbocycles. The normalized spacial score (nSPS) is 12.8. The Hall–Kier alpha value is -1.61. The van der Waals surface area contributed by atoms with Crippen LogP contribution in [-0.2, 0) is 13.0 Å². The van der Waals surface area contributed by atoms with E-state index in [0.717, 1.165) is 26.1 Å². The van der Waals surface area contributed by atoms with Crippen LogP contribution in [0.4, 0.5) is 0 Å². The molecule has 3 nitrogen and oxygen atoms in total. The van der Waals surface area contributed by atoms with Crippen LogP contribution in [0.1, 0.15) is 38.1 Å². The maximum Gasteiger partial charge on any atom is 0.109 e. The second-order valence-corrected chi connectivity index (χ2v) is 5.99. The van der Waals surface area contributed by atoms with Gasteiger partial charge in [0.2, 0.25) is 0 Å². The third-order valence-electron chi connectivity index (χ3n) is 3.79. The van der Waals surface area contributed by atoms with E-state index >= 15 is 0 Å². The van der Waals surface area contributed by atoms with Gasteiger partial charge in [-0.2, -0.15) is 0 Å². The Morgan fingerprint density at radius 3 is 2.57 bits per heavy atom. The van der Waals surface area contributed by atoms with Gasteiger partial charge in [-0.1, -0.05) is 44.2 Å². The number of imidazole rings is 1. The molecule has 0 aliphatic heterocycles. The predicted octanol–water partition coefficient (Wildman–Crippen LogP) is 3.47. The number of aromatic nitrogens is 2. The maximum absolute atomic E-state index is 4.53. The molecule has 114 valence electrons. The first-order valence-corrected chi connectivity index (χ1v) is 7.96. The molecule has 2 rings (SSSR count). The highest BCUT2D eigenvalue weighted by Gasteiger charge is 2.15. The van der Waals surface area contributed by atoms with Crippen LogP contribution in [-0.4, -0.2) is 22.6 Å². The van der Waals surface area contributed by atoms with Gasteiger partial charge >= 0.3 is 0 Å². The smallest absolute Gasteiger partial charge is 0.109 e. The van der Waals surface area contributed by atoms with E-state index in [4.69, 9.17) is 0 Å². The summed E-state index contributed by atoms with van der Waals surface area (Å²) >= 11 is 0. The van der Waals surface area contributed by atoms with Crippen LogP contribution < -0.4 is 5.32 Å². The Kier molecular flexibility index (Phi) is 6.00. The number of nitrogens with one attached hydrogen (secondary N) is 1. The highest BCUT2D eigenvalue weighted by Crippen LogP contribution is 2.19. The van der Waals surface area contributed by atoms with E-state index in [1.807, 2.05) is 6.20 Å². The van der Waals surface area contributed by atoms with Crippen molar-refractivity contribution in [1.29, 1.82) is 0 Å². The van der Waals surface area contributed by atoms with E-state index in [0.29, 0.717) is 11.8 Å². The average Bonchev–Trinajstić information content (AvgIpc) is 2.94. The minimum atomic E-state index is 0.470. The second-order valence-electron chi connectivity index (χ2n) is 5.99. The number of hydrogen-bond acceptors (Lipinski definition) is 2. The van der Waals surface area contributed by atoms with Crippen LogP contribution >= 0.6 is 0 Å². The van der Waals surface area contributed by atoms with Crippen molar-refractivity contribution < 1.29 is 0 Å². The summed E-state index contributed by atoms with van der Waals surface area (Å²) in [6.45, 7) is 9.70. The van der Waals surface area contributed by atoms with Crippen molar-refractivity contribution in [3.63, 3.8) is 0 Å². The molecule has 0 aliphatic carbocycles. The summed E-state index contributed by atoms with van der Waals surface area (Å²) in [4.78, 5) is 4.53. The lowest BCUT2D eigenvalue weighted by Gasteiger charge is -2.19. The number of hydrogen-bond donors (Lipinski definition) is 1. The van der Waals surface area contributed by atoms with Crippen LogP contribution in [0.15, 0.2) is 42.7 Å². The summed E-state index contributed by atoms with van der Waals surface area (Å²) < 4.78 is 2.23. The molecule has 0 saturated heterocycles. The zero-order valence-electron chi connectivity index (χ0n) is 13.4.